The fourth-order valence-corrected chi connectivity index (χ4v) is 5.24. The molecule has 1 N–H and O–H groups in total. The van der Waals surface area contributed by atoms with Crippen molar-refractivity contribution in [3.63, 3.8) is 0 Å². The van der Waals surface area contributed by atoms with Crippen LogP contribution in [0.3, 0.4) is 0 Å². The van der Waals surface area contributed by atoms with E-state index in [2.05, 4.69) is 15.3 Å². The van der Waals surface area contributed by atoms with Crippen molar-refractivity contribution in [2.45, 2.75) is 23.9 Å². The molecule has 2 heterocycles. The predicted octanol–water partition coefficient (Wildman–Crippen LogP) is 3.72. The minimum absolute atomic E-state index is 0.0567. The van der Waals surface area contributed by atoms with Crippen molar-refractivity contribution >= 4 is 39.1 Å². The minimum Gasteiger partial charge on any atom is -0.494 e. The van der Waals surface area contributed by atoms with E-state index in [1.807, 2.05) is 26.0 Å². The Morgan fingerprint density at radius 3 is 2.66 bits per heavy atom. The summed E-state index contributed by atoms with van der Waals surface area (Å²) >= 11 is 1.14. The molecule has 0 bridgehead atoms. The lowest BCUT2D eigenvalue weighted by Gasteiger charge is -2.28. The molecular formula is C22H22N4O4S2. The zero-order valence-corrected chi connectivity index (χ0v) is 19.5. The lowest BCUT2D eigenvalue weighted by molar-refractivity contribution is -0.113. The van der Waals surface area contributed by atoms with Gasteiger partial charge in [-0.1, -0.05) is 23.4 Å². The van der Waals surface area contributed by atoms with Crippen LogP contribution in [0.5, 0.6) is 5.75 Å². The summed E-state index contributed by atoms with van der Waals surface area (Å²) in [6.07, 6.45) is 1.31. The number of amides is 1. The summed E-state index contributed by atoms with van der Waals surface area (Å²) in [4.78, 5) is 21.1. The Kier molecular flexibility index (Phi) is 6.07. The molecule has 1 amide bonds. The molecule has 0 radical (unpaired) electrons. The summed E-state index contributed by atoms with van der Waals surface area (Å²) in [6.45, 7) is 4.42. The third kappa shape index (κ3) is 4.28. The van der Waals surface area contributed by atoms with E-state index in [0.29, 0.717) is 28.8 Å². The molecule has 0 saturated heterocycles. The first kappa shape index (κ1) is 22.1. The number of carbonyl (C=O) groups is 1. The van der Waals surface area contributed by atoms with Crippen molar-refractivity contribution in [1.29, 1.82) is 0 Å². The second-order valence-electron chi connectivity index (χ2n) is 7.15. The Morgan fingerprint density at radius 1 is 1.19 bits per heavy atom. The predicted molar refractivity (Wildman–Crippen MR) is 125 cm³/mol. The lowest BCUT2D eigenvalue weighted by Crippen LogP contribution is -2.31. The zero-order valence-electron chi connectivity index (χ0n) is 17.8. The highest BCUT2D eigenvalue weighted by Gasteiger charge is 2.34. The average Bonchev–Trinajstić information content (AvgIpc) is 2.78. The van der Waals surface area contributed by atoms with E-state index in [9.17, 15) is 13.2 Å². The Morgan fingerprint density at radius 2 is 1.94 bits per heavy atom. The van der Waals surface area contributed by atoms with Crippen LogP contribution in [0, 0.1) is 6.92 Å². The van der Waals surface area contributed by atoms with Crippen molar-refractivity contribution in [2.24, 2.45) is 0 Å². The zero-order chi connectivity index (χ0) is 22.9. The van der Waals surface area contributed by atoms with Gasteiger partial charge < -0.3 is 10.1 Å². The Hall–Kier alpha value is -3.11. The van der Waals surface area contributed by atoms with E-state index < -0.39 is 10.0 Å². The topological polar surface area (TPSA) is 101 Å². The van der Waals surface area contributed by atoms with Gasteiger partial charge in [0, 0.05) is 18.3 Å². The first-order valence-electron chi connectivity index (χ1n) is 9.92. The van der Waals surface area contributed by atoms with Crippen LogP contribution in [0.4, 0.5) is 11.4 Å². The summed E-state index contributed by atoms with van der Waals surface area (Å²) in [5, 5.41) is 3.14. The Bertz CT molecular complexity index is 1280. The molecule has 0 atom stereocenters. The number of fused-ring (bicyclic) bond motifs is 3. The van der Waals surface area contributed by atoms with Crippen LogP contribution in [-0.2, 0) is 14.8 Å². The van der Waals surface area contributed by atoms with Crippen LogP contribution >= 0.6 is 11.8 Å². The number of carbonyl (C=O) groups excluding carboxylic acids is 1. The number of nitrogens with zero attached hydrogens (tertiary/aromatic N) is 3. The second-order valence-corrected chi connectivity index (χ2v) is 10.0. The van der Waals surface area contributed by atoms with Gasteiger partial charge in [-0.2, -0.15) is 0 Å². The highest BCUT2D eigenvalue weighted by molar-refractivity contribution is 7.99. The SMILES string of the molecule is CCOc1ccc(NC(=O)CSc2ncc3c(n2)-c2cc(C)ccc2N(C)S3(=O)=O)cc1. The minimum atomic E-state index is -3.73. The third-order valence-corrected chi connectivity index (χ3v) is 7.53. The van der Waals surface area contributed by atoms with Crippen molar-refractivity contribution in [1.82, 2.24) is 9.97 Å². The number of benzene rings is 2. The highest BCUT2D eigenvalue weighted by atomic mass is 32.2. The van der Waals surface area contributed by atoms with Gasteiger partial charge in [0.15, 0.2) is 5.16 Å². The quantitative estimate of drug-likeness (QED) is 0.433. The largest absolute Gasteiger partial charge is 0.494 e. The monoisotopic (exact) mass is 470 g/mol. The molecular weight excluding hydrogens is 448 g/mol. The summed E-state index contributed by atoms with van der Waals surface area (Å²) in [5.41, 5.74) is 3.28. The third-order valence-electron chi connectivity index (χ3n) is 4.90. The molecule has 0 fully saturated rings. The van der Waals surface area contributed by atoms with E-state index in [-0.39, 0.29) is 16.6 Å². The standard InChI is InChI=1S/C22H22N4O4S2/c1-4-30-16-8-6-15(7-9-16)24-20(27)13-31-22-23-12-19-21(25-22)17-11-14(2)5-10-18(17)26(3)32(19,28)29/h5-12H,4,13H2,1-3H3,(H,24,27). The van der Waals surface area contributed by atoms with Gasteiger partial charge in [-0.25, -0.2) is 18.4 Å². The number of sulfonamides is 1. The summed E-state index contributed by atoms with van der Waals surface area (Å²) in [6, 6.07) is 12.6. The summed E-state index contributed by atoms with van der Waals surface area (Å²) in [7, 11) is -2.22. The number of ether oxygens (including phenoxy) is 1. The first-order valence-corrected chi connectivity index (χ1v) is 12.3. The van der Waals surface area contributed by atoms with E-state index in [4.69, 9.17) is 4.74 Å². The number of rotatable bonds is 6. The maximum atomic E-state index is 12.9. The number of aromatic nitrogens is 2. The Balaban J connectivity index is 1.52. The maximum Gasteiger partial charge on any atom is 0.267 e. The average molecular weight is 471 g/mol. The van der Waals surface area contributed by atoms with Crippen LogP contribution in [0.15, 0.2) is 58.7 Å². The summed E-state index contributed by atoms with van der Waals surface area (Å²) < 4.78 is 32.4. The molecule has 166 valence electrons. The van der Waals surface area contributed by atoms with Gasteiger partial charge in [0.25, 0.3) is 10.0 Å². The van der Waals surface area contributed by atoms with Gasteiger partial charge in [0.1, 0.15) is 10.6 Å². The molecule has 0 spiro atoms. The number of hydrogen-bond acceptors (Lipinski definition) is 7. The number of nitrogens with one attached hydrogen (secondary N) is 1. The normalized spacial score (nSPS) is 13.8. The van der Waals surface area contributed by atoms with Gasteiger partial charge in [-0.15, -0.1) is 0 Å². The summed E-state index contributed by atoms with van der Waals surface area (Å²) in [5.74, 6) is 0.599. The van der Waals surface area contributed by atoms with Crippen LogP contribution in [0.2, 0.25) is 0 Å². The molecule has 0 aliphatic carbocycles. The molecule has 10 heteroatoms. The van der Waals surface area contributed by atoms with E-state index in [1.54, 1.807) is 30.3 Å². The fraction of sp³-hybridized carbons (Fsp3) is 0.227. The molecule has 4 rings (SSSR count). The molecule has 0 saturated carbocycles. The van der Waals surface area contributed by atoms with Crippen LogP contribution in [0.1, 0.15) is 12.5 Å². The molecule has 2 aromatic carbocycles. The van der Waals surface area contributed by atoms with Gasteiger partial charge in [-0.05, 0) is 50.2 Å². The molecule has 32 heavy (non-hydrogen) atoms. The molecule has 1 aliphatic rings. The van der Waals surface area contributed by atoms with E-state index in [1.165, 1.54) is 17.5 Å². The molecule has 0 unspecified atom stereocenters. The van der Waals surface area contributed by atoms with Crippen LogP contribution in [0.25, 0.3) is 11.3 Å². The lowest BCUT2D eigenvalue weighted by atomic mass is 10.1. The van der Waals surface area contributed by atoms with Gasteiger partial charge >= 0.3 is 0 Å². The Labute approximate surface area is 191 Å². The molecule has 3 aromatic rings. The van der Waals surface area contributed by atoms with Gasteiger partial charge in [0.05, 0.1) is 29.9 Å². The van der Waals surface area contributed by atoms with Gasteiger partial charge in [-0.3, -0.25) is 9.10 Å². The van der Waals surface area contributed by atoms with Gasteiger partial charge in [0.2, 0.25) is 5.91 Å². The van der Waals surface area contributed by atoms with E-state index >= 15 is 0 Å². The fourth-order valence-electron chi connectivity index (χ4n) is 3.33. The number of hydrogen-bond donors (Lipinski definition) is 1. The number of aryl methyl sites for hydroxylation is 1. The van der Waals surface area contributed by atoms with Crippen molar-refractivity contribution in [3.8, 4) is 17.0 Å². The number of anilines is 2. The molecule has 1 aromatic heterocycles. The van der Waals surface area contributed by atoms with Crippen LogP contribution in [-0.4, -0.2) is 43.7 Å². The van der Waals surface area contributed by atoms with Crippen molar-refractivity contribution in [2.75, 3.05) is 29.0 Å². The smallest absolute Gasteiger partial charge is 0.267 e. The molecule has 8 nitrogen and oxygen atoms in total. The van der Waals surface area contributed by atoms with E-state index in [0.717, 1.165) is 28.6 Å². The van der Waals surface area contributed by atoms with Crippen LogP contribution < -0.4 is 14.4 Å². The first-order chi connectivity index (χ1) is 15.3. The van der Waals surface area contributed by atoms with Crippen molar-refractivity contribution in [3.05, 3.63) is 54.2 Å². The van der Waals surface area contributed by atoms with Crippen molar-refractivity contribution < 1.29 is 17.9 Å². The molecule has 1 aliphatic heterocycles. The second kappa shape index (κ2) is 8.79. The highest BCUT2D eigenvalue weighted by Crippen LogP contribution is 2.41. The maximum absolute atomic E-state index is 12.9. The number of thioether (sulfide) groups is 1.